The summed E-state index contributed by atoms with van der Waals surface area (Å²) >= 11 is 0. The van der Waals surface area contributed by atoms with Crippen LogP contribution in [0.15, 0.2) is 28.9 Å². The van der Waals surface area contributed by atoms with Crippen LogP contribution in [-0.2, 0) is 17.8 Å². The number of carbonyl (C=O) groups is 1. The number of hydrogen-bond acceptors (Lipinski definition) is 7. The average molecular weight is 370 g/mol. The van der Waals surface area contributed by atoms with Crippen LogP contribution >= 0.6 is 0 Å². The monoisotopic (exact) mass is 370 g/mol. The van der Waals surface area contributed by atoms with Gasteiger partial charge in [-0.05, 0) is 25.0 Å². The molecule has 1 aliphatic heterocycles. The third-order valence-electron chi connectivity index (χ3n) is 5.25. The maximum Gasteiger partial charge on any atom is 0.240 e. The topological polar surface area (TPSA) is 87.4 Å². The van der Waals surface area contributed by atoms with Gasteiger partial charge in [0.05, 0.1) is 13.0 Å². The third-order valence-corrected chi connectivity index (χ3v) is 5.25. The second-order valence-electron chi connectivity index (χ2n) is 7.28. The first kappa shape index (κ1) is 17.9. The van der Waals surface area contributed by atoms with Crippen molar-refractivity contribution in [3.05, 3.63) is 36.1 Å². The van der Waals surface area contributed by atoms with E-state index in [1.54, 1.807) is 0 Å². The van der Waals surface area contributed by atoms with E-state index < -0.39 is 0 Å². The summed E-state index contributed by atoms with van der Waals surface area (Å²) < 4.78 is 5.34. The van der Waals surface area contributed by atoms with E-state index in [1.165, 1.54) is 12.8 Å². The van der Waals surface area contributed by atoms with E-state index in [4.69, 9.17) is 4.52 Å². The molecular weight excluding hydrogens is 344 g/mol. The van der Waals surface area contributed by atoms with Gasteiger partial charge in [0.25, 0.3) is 0 Å². The number of hydrogen-bond donors (Lipinski definition) is 1. The van der Waals surface area contributed by atoms with Crippen LogP contribution in [0.3, 0.4) is 0 Å². The fourth-order valence-corrected chi connectivity index (χ4v) is 3.79. The van der Waals surface area contributed by atoms with Gasteiger partial charge in [0.2, 0.25) is 11.8 Å². The van der Waals surface area contributed by atoms with Crippen LogP contribution < -0.4 is 10.2 Å². The van der Waals surface area contributed by atoms with Crippen molar-refractivity contribution in [1.82, 2.24) is 25.3 Å². The van der Waals surface area contributed by atoms with Gasteiger partial charge in [-0.15, -0.1) is 0 Å². The molecular formula is C19H26N6O2. The average Bonchev–Trinajstić information content (AvgIpc) is 3.35. The van der Waals surface area contributed by atoms with Crippen LogP contribution in [0.2, 0.25) is 0 Å². The Bertz CT molecular complexity index is 736. The Balaban J connectivity index is 1.23. The highest BCUT2D eigenvalue weighted by Crippen LogP contribution is 2.18. The maximum atomic E-state index is 12.1. The molecule has 0 aromatic carbocycles. The molecule has 1 saturated heterocycles. The molecule has 0 unspecified atom stereocenters. The van der Waals surface area contributed by atoms with Crippen molar-refractivity contribution >= 4 is 11.7 Å². The van der Waals surface area contributed by atoms with Crippen LogP contribution in [0.25, 0.3) is 0 Å². The summed E-state index contributed by atoms with van der Waals surface area (Å²) in [7, 11) is 0. The van der Waals surface area contributed by atoms with Gasteiger partial charge in [0.1, 0.15) is 5.82 Å². The lowest BCUT2D eigenvalue weighted by atomic mass is 10.2. The zero-order valence-corrected chi connectivity index (χ0v) is 15.5. The maximum absolute atomic E-state index is 12.1. The summed E-state index contributed by atoms with van der Waals surface area (Å²) in [6.45, 7) is 4.28. The number of piperazine rings is 1. The number of carbonyl (C=O) groups excluding carboxylic acids is 1. The molecule has 2 aromatic heterocycles. The highest BCUT2D eigenvalue weighted by molar-refractivity contribution is 5.78. The number of nitrogens with one attached hydrogen (secondary N) is 1. The van der Waals surface area contributed by atoms with Crippen LogP contribution in [0.1, 0.15) is 37.4 Å². The van der Waals surface area contributed by atoms with Crippen molar-refractivity contribution in [3.8, 4) is 0 Å². The van der Waals surface area contributed by atoms with E-state index in [0.717, 1.165) is 44.8 Å². The third kappa shape index (κ3) is 4.82. The predicted octanol–water partition coefficient (Wildman–Crippen LogP) is 1.39. The standard InChI is InChI=1S/C19H26N6O2/c26-18(21-15-5-1-2-6-15)13-16-22-19(27-23-16)14-24-9-11-25(12-10-24)17-7-3-4-8-20-17/h3-4,7-8,15H,1-2,5-6,9-14H2,(H,21,26). The fourth-order valence-electron chi connectivity index (χ4n) is 3.79. The first-order valence-electron chi connectivity index (χ1n) is 9.75. The summed E-state index contributed by atoms with van der Waals surface area (Å²) in [5.41, 5.74) is 0. The molecule has 8 heteroatoms. The van der Waals surface area contributed by atoms with E-state index in [1.807, 2.05) is 24.4 Å². The van der Waals surface area contributed by atoms with E-state index in [0.29, 0.717) is 24.3 Å². The normalized spacial score (nSPS) is 18.7. The van der Waals surface area contributed by atoms with E-state index in [9.17, 15) is 4.79 Å². The minimum atomic E-state index is -0.0155. The summed E-state index contributed by atoms with van der Waals surface area (Å²) in [6.07, 6.45) is 6.56. The molecule has 0 radical (unpaired) electrons. The van der Waals surface area contributed by atoms with E-state index in [-0.39, 0.29) is 12.3 Å². The molecule has 8 nitrogen and oxygen atoms in total. The molecule has 3 heterocycles. The number of nitrogens with zero attached hydrogens (tertiary/aromatic N) is 5. The van der Waals surface area contributed by atoms with E-state index >= 15 is 0 Å². The molecule has 2 fully saturated rings. The first-order valence-corrected chi connectivity index (χ1v) is 9.75. The summed E-state index contributed by atoms with van der Waals surface area (Å²) in [6, 6.07) is 6.30. The molecule has 0 spiro atoms. The number of anilines is 1. The molecule has 2 aliphatic rings. The van der Waals surface area contributed by atoms with Gasteiger partial charge in [0.15, 0.2) is 5.82 Å². The lowest BCUT2D eigenvalue weighted by Gasteiger charge is -2.34. The van der Waals surface area contributed by atoms with E-state index in [2.05, 4.69) is 30.2 Å². The number of aromatic nitrogens is 3. The Morgan fingerprint density at radius 3 is 2.74 bits per heavy atom. The van der Waals surface area contributed by atoms with Gasteiger partial charge >= 0.3 is 0 Å². The van der Waals surface area contributed by atoms with Crippen LogP contribution in [-0.4, -0.2) is 58.2 Å². The van der Waals surface area contributed by atoms with Gasteiger partial charge in [0, 0.05) is 38.4 Å². The minimum Gasteiger partial charge on any atom is -0.354 e. The number of pyridine rings is 1. The van der Waals surface area contributed by atoms with Crippen molar-refractivity contribution in [2.75, 3.05) is 31.1 Å². The largest absolute Gasteiger partial charge is 0.354 e. The SMILES string of the molecule is O=C(Cc1noc(CN2CCN(c3ccccn3)CC2)n1)NC1CCCC1. The van der Waals surface area contributed by atoms with Gasteiger partial charge in [-0.1, -0.05) is 24.1 Å². The van der Waals surface area contributed by atoms with Crippen molar-refractivity contribution < 1.29 is 9.32 Å². The van der Waals surface area contributed by atoms with Gasteiger partial charge in [-0.2, -0.15) is 4.98 Å². The molecule has 2 aromatic rings. The molecule has 0 atom stereocenters. The molecule has 0 bridgehead atoms. The predicted molar refractivity (Wildman–Crippen MR) is 100 cm³/mol. The lowest BCUT2D eigenvalue weighted by Crippen LogP contribution is -2.46. The highest BCUT2D eigenvalue weighted by Gasteiger charge is 2.21. The smallest absolute Gasteiger partial charge is 0.240 e. The second kappa shape index (κ2) is 8.47. The van der Waals surface area contributed by atoms with Crippen molar-refractivity contribution in [2.24, 2.45) is 0 Å². The molecule has 1 N–H and O–H groups in total. The molecule has 1 amide bonds. The molecule has 27 heavy (non-hydrogen) atoms. The second-order valence-corrected chi connectivity index (χ2v) is 7.28. The van der Waals surface area contributed by atoms with Gasteiger partial charge < -0.3 is 14.7 Å². The van der Waals surface area contributed by atoms with Crippen LogP contribution in [0, 0.1) is 0 Å². The van der Waals surface area contributed by atoms with Crippen molar-refractivity contribution in [2.45, 2.75) is 44.7 Å². The Kier molecular flexibility index (Phi) is 5.62. The Morgan fingerprint density at radius 2 is 2.00 bits per heavy atom. The molecule has 1 aliphatic carbocycles. The summed E-state index contributed by atoms with van der Waals surface area (Å²) in [4.78, 5) is 25.4. The molecule has 4 rings (SSSR count). The molecule has 1 saturated carbocycles. The Hall–Kier alpha value is -2.48. The number of rotatable bonds is 6. The zero-order valence-electron chi connectivity index (χ0n) is 15.5. The van der Waals surface area contributed by atoms with Gasteiger partial charge in [-0.3, -0.25) is 9.69 Å². The van der Waals surface area contributed by atoms with Crippen molar-refractivity contribution in [1.29, 1.82) is 0 Å². The van der Waals surface area contributed by atoms with Crippen molar-refractivity contribution in [3.63, 3.8) is 0 Å². The lowest BCUT2D eigenvalue weighted by molar-refractivity contribution is -0.121. The fraction of sp³-hybridized carbons (Fsp3) is 0.579. The van der Waals surface area contributed by atoms with Crippen LogP contribution in [0.5, 0.6) is 0 Å². The van der Waals surface area contributed by atoms with Crippen LogP contribution in [0.4, 0.5) is 5.82 Å². The Labute approximate surface area is 158 Å². The van der Waals surface area contributed by atoms with Gasteiger partial charge in [-0.25, -0.2) is 4.98 Å². The number of amides is 1. The Morgan fingerprint density at radius 1 is 1.19 bits per heavy atom. The quantitative estimate of drug-likeness (QED) is 0.822. The summed E-state index contributed by atoms with van der Waals surface area (Å²) in [5, 5.41) is 7.02. The first-order chi connectivity index (χ1) is 13.3. The minimum absolute atomic E-state index is 0.0155. The molecule has 144 valence electrons. The summed E-state index contributed by atoms with van der Waals surface area (Å²) in [5.74, 6) is 2.04. The zero-order chi connectivity index (χ0) is 18.5. The highest BCUT2D eigenvalue weighted by atomic mass is 16.5.